The van der Waals surface area contributed by atoms with Crippen molar-refractivity contribution in [1.29, 1.82) is 0 Å². The Bertz CT molecular complexity index is 1690. The number of aromatic nitrogens is 4. The predicted molar refractivity (Wildman–Crippen MR) is 149 cm³/mol. The molecule has 41 heavy (non-hydrogen) atoms. The Kier molecular flexibility index (Phi) is 7.49. The number of aryl methyl sites for hydroxylation is 2. The molecule has 0 aliphatic carbocycles. The number of halogens is 3. The zero-order chi connectivity index (χ0) is 29.5. The first-order valence-electron chi connectivity index (χ1n) is 13.0. The Hall–Kier alpha value is -4.36. The fourth-order valence-electron chi connectivity index (χ4n) is 4.91. The van der Waals surface area contributed by atoms with Crippen LogP contribution >= 0.6 is 0 Å². The Morgan fingerprint density at radius 1 is 1.05 bits per heavy atom. The van der Waals surface area contributed by atoms with Gasteiger partial charge in [-0.1, -0.05) is 12.1 Å². The molecular formula is C28H29F3N8O2. The van der Waals surface area contributed by atoms with Crippen LogP contribution in [0.4, 0.5) is 24.8 Å². The highest BCUT2D eigenvalue weighted by Gasteiger charge is 2.34. The standard InChI is InChI=1S/C28H29F3N8O2/c1-16-4-7-20(13-23(16)39-17(2)21-14-33-26(32)35-24(21)36-27(39)41)34-25(40)18-5-6-19(22(12-18)28(29,30)31)15-38-10-8-37(3)9-11-38/h4-7,12-14H,8-11,15H2,1-3H3,(H,34,40)(H2,32,35,36,41). The van der Waals surface area contributed by atoms with Crippen LogP contribution < -0.4 is 16.7 Å². The molecule has 13 heteroatoms. The van der Waals surface area contributed by atoms with Crippen LogP contribution in [0.25, 0.3) is 16.7 Å². The number of carbonyl (C=O) groups excluding carboxylic acids is 1. The molecule has 2 aromatic heterocycles. The molecule has 1 amide bonds. The number of fused-ring (bicyclic) bond motifs is 1. The number of nitrogens with two attached hydrogens (primary N) is 1. The molecule has 0 unspecified atom stereocenters. The van der Waals surface area contributed by atoms with Crippen molar-refractivity contribution in [2.24, 2.45) is 0 Å². The number of nitrogen functional groups attached to an aromatic ring is 1. The number of hydrogen-bond donors (Lipinski definition) is 2. The van der Waals surface area contributed by atoms with Crippen LogP contribution in [-0.4, -0.2) is 68.5 Å². The number of benzene rings is 2. The van der Waals surface area contributed by atoms with Gasteiger partial charge in [-0.25, -0.2) is 9.78 Å². The SMILES string of the molecule is Cc1ccc(NC(=O)c2ccc(CN3CCN(C)CC3)c(C(F)(F)F)c2)cc1-n1c(C)c2cnc(N)nc2nc1=O. The molecule has 3 N–H and O–H groups in total. The molecule has 0 spiro atoms. The van der Waals surface area contributed by atoms with E-state index in [0.29, 0.717) is 41.1 Å². The lowest BCUT2D eigenvalue weighted by Gasteiger charge is -2.33. The lowest BCUT2D eigenvalue weighted by atomic mass is 10.0. The van der Waals surface area contributed by atoms with Crippen molar-refractivity contribution in [2.75, 3.05) is 44.3 Å². The second-order valence-corrected chi connectivity index (χ2v) is 10.2. The lowest BCUT2D eigenvalue weighted by Crippen LogP contribution is -2.44. The number of nitrogens with one attached hydrogen (secondary N) is 1. The van der Waals surface area contributed by atoms with Crippen molar-refractivity contribution in [2.45, 2.75) is 26.6 Å². The number of piperazine rings is 1. The molecule has 2 aromatic carbocycles. The van der Waals surface area contributed by atoms with E-state index in [0.717, 1.165) is 19.2 Å². The highest BCUT2D eigenvalue weighted by Crippen LogP contribution is 2.34. The fourth-order valence-corrected chi connectivity index (χ4v) is 4.91. The average molecular weight is 567 g/mol. The number of carbonyl (C=O) groups is 1. The second kappa shape index (κ2) is 10.9. The molecule has 1 aliphatic rings. The second-order valence-electron chi connectivity index (χ2n) is 10.2. The molecule has 0 saturated carbocycles. The summed E-state index contributed by atoms with van der Waals surface area (Å²) < 4.78 is 43.4. The summed E-state index contributed by atoms with van der Waals surface area (Å²) >= 11 is 0. The van der Waals surface area contributed by atoms with E-state index in [1.165, 1.54) is 22.9 Å². The first-order valence-corrected chi connectivity index (χ1v) is 13.0. The van der Waals surface area contributed by atoms with Crippen molar-refractivity contribution in [3.05, 3.63) is 81.0 Å². The number of rotatable bonds is 5. The van der Waals surface area contributed by atoms with Gasteiger partial charge in [-0.2, -0.15) is 23.1 Å². The topological polar surface area (TPSA) is 122 Å². The number of amides is 1. The van der Waals surface area contributed by atoms with E-state index in [1.807, 2.05) is 11.9 Å². The molecule has 1 saturated heterocycles. The maximum absolute atomic E-state index is 14.0. The summed E-state index contributed by atoms with van der Waals surface area (Å²) in [6.45, 7) is 6.54. The van der Waals surface area contributed by atoms with Gasteiger partial charge in [0.2, 0.25) is 5.95 Å². The van der Waals surface area contributed by atoms with Gasteiger partial charge >= 0.3 is 11.9 Å². The smallest absolute Gasteiger partial charge is 0.368 e. The number of anilines is 2. The monoisotopic (exact) mass is 566 g/mol. The minimum Gasteiger partial charge on any atom is -0.368 e. The van der Waals surface area contributed by atoms with Gasteiger partial charge in [0.1, 0.15) is 0 Å². The maximum Gasteiger partial charge on any atom is 0.416 e. The molecule has 3 heterocycles. The third-order valence-corrected chi connectivity index (χ3v) is 7.28. The minimum atomic E-state index is -4.62. The summed E-state index contributed by atoms with van der Waals surface area (Å²) in [5.41, 5.74) is 6.30. The number of nitrogens with zero attached hydrogens (tertiary/aromatic N) is 6. The van der Waals surface area contributed by atoms with E-state index in [4.69, 9.17) is 5.73 Å². The van der Waals surface area contributed by atoms with E-state index in [1.54, 1.807) is 32.0 Å². The van der Waals surface area contributed by atoms with Gasteiger partial charge in [0.05, 0.1) is 16.6 Å². The number of likely N-dealkylation sites (N-methyl/N-ethyl adjacent to an activating group) is 1. The van der Waals surface area contributed by atoms with E-state index in [2.05, 4.69) is 25.2 Å². The molecule has 0 atom stereocenters. The largest absolute Gasteiger partial charge is 0.416 e. The number of alkyl halides is 3. The summed E-state index contributed by atoms with van der Waals surface area (Å²) in [7, 11) is 1.98. The van der Waals surface area contributed by atoms with Crippen LogP contribution in [0.2, 0.25) is 0 Å². The fraction of sp³-hybridized carbons (Fsp3) is 0.321. The summed E-state index contributed by atoms with van der Waals surface area (Å²) in [6, 6.07) is 8.54. The van der Waals surface area contributed by atoms with Crippen LogP contribution in [0.1, 0.15) is 32.7 Å². The van der Waals surface area contributed by atoms with Gasteiger partial charge in [-0.15, -0.1) is 0 Å². The first kappa shape index (κ1) is 28.2. The lowest BCUT2D eigenvalue weighted by molar-refractivity contribution is -0.138. The molecule has 0 bridgehead atoms. The third kappa shape index (κ3) is 5.91. The van der Waals surface area contributed by atoms with Gasteiger partial charge in [0, 0.05) is 55.9 Å². The zero-order valence-electron chi connectivity index (χ0n) is 22.8. The van der Waals surface area contributed by atoms with E-state index in [9.17, 15) is 22.8 Å². The molecular weight excluding hydrogens is 537 g/mol. The highest BCUT2D eigenvalue weighted by atomic mass is 19.4. The number of hydrogen-bond acceptors (Lipinski definition) is 8. The van der Waals surface area contributed by atoms with Crippen LogP contribution in [0, 0.1) is 13.8 Å². The Morgan fingerprint density at radius 2 is 1.78 bits per heavy atom. The van der Waals surface area contributed by atoms with Crippen LogP contribution in [-0.2, 0) is 12.7 Å². The summed E-state index contributed by atoms with van der Waals surface area (Å²) in [6.07, 6.45) is -3.14. The minimum absolute atomic E-state index is 0.0107. The maximum atomic E-state index is 14.0. The van der Waals surface area contributed by atoms with E-state index < -0.39 is 23.3 Å². The highest BCUT2D eigenvalue weighted by molar-refractivity contribution is 6.04. The molecule has 5 rings (SSSR count). The Balaban J connectivity index is 1.44. The zero-order valence-corrected chi connectivity index (χ0v) is 22.8. The van der Waals surface area contributed by atoms with Crippen molar-refractivity contribution in [3.8, 4) is 5.69 Å². The third-order valence-electron chi connectivity index (χ3n) is 7.28. The molecule has 0 radical (unpaired) electrons. The van der Waals surface area contributed by atoms with Crippen molar-refractivity contribution < 1.29 is 18.0 Å². The van der Waals surface area contributed by atoms with Gasteiger partial charge < -0.3 is 16.0 Å². The average Bonchev–Trinajstić information content (AvgIpc) is 2.91. The molecule has 1 fully saturated rings. The molecule has 10 nitrogen and oxygen atoms in total. The first-order chi connectivity index (χ1) is 19.4. The van der Waals surface area contributed by atoms with Crippen LogP contribution in [0.15, 0.2) is 47.4 Å². The molecule has 1 aliphatic heterocycles. The van der Waals surface area contributed by atoms with Crippen molar-refractivity contribution >= 4 is 28.6 Å². The van der Waals surface area contributed by atoms with E-state index >= 15 is 0 Å². The normalized spacial score (nSPS) is 14.9. The molecule has 214 valence electrons. The van der Waals surface area contributed by atoms with Gasteiger partial charge in [-0.05, 0) is 56.3 Å². The van der Waals surface area contributed by atoms with Gasteiger partial charge in [-0.3, -0.25) is 14.3 Å². The quantitative estimate of drug-likeness (QED) is 0.377. The molecule has 4 aromatic rings. The predicted octanol–water partition coefficient (Wildman–Crippen LogP) is 3.39. The van der Waals surface area contributed by atoms with Gasteiger partial charge in [0.15, 0.2) is 5.65 Å². The Morgan fingerprint density at radius 3 is 2.49 bits per heavy atom. The summed E-state index contributed by atoms with van der Waals surface area (Å²) in [4.78, 5) is 42.2. The van der Waals surface area contributed by atoms with Crippen LogP contribution in [0.5, 0.6) is 0 Å². The van der Waals surface area contributed by atoms with Gasteiger partial charge in [0.25, 0.3) is 5.91 Å². The van der Waals surface area contributed by atoms with E-state index in [-0.39, 0.29) is 29.3 Å². The summed E-state index contributed by atoms with van der Waals surface area (Å²) in [5, 5.41) is 3.18. The van der Waals surface area contributed by atoms with Crippen molar-refractivity contribution in [3.63, 3.8) is 0 Å². The Labute approximate surface area is 233 Å². The van der Waals surface area contributed by atoms with Crippen molar-refractivity contribution in [1.82, 2.24) is 29.3 Å². The van der Waals surface area contributed by atoms with Crippen LogP contribution in [0.3, 0.4) is 0 Å². The summed E-state index contributed by atoms with van der Waals surface area (Å²) in [5.74, 6) is -0.718.